The smallest absolute Gasteiger partial charge is 0.435 e. The topological polar surface area (TPSA) is 81.9 Å². The number of aromatic nitrogens is 4. The molecule has 29 heavy (non-hydrogen) atoms. The van der Waals surface area contributed by atoms with Gasteiger partial charge >= 0.3 is 6.09 Å². The molecule has 0 saturated heterocycles. The first-order valence-corrected chi connectivity index (χ1v) is 9.80. The van der Waals surface area contributed by atoms with Crippen LogP contribution in [0.15, 0.2) is 36.7 Å². The molecule has 2 aromatic heterocycles. The molecule has 7 nitrogen and oxygen atoms in total. The number of fused-ring (bicyclic) bond motifs is 1. The number of hydrogen-bond donors (Lipinski definition) is 1. The number of hydrogen-bond acceptors (Lipinski definition) is 6. The number of benzene rings is 1. The van der Waals surface area contributed by atoms with E-state index in [9.17, 15) is 4.79 Å². The number of nitrogens with one attached hydrogen (secondary N) is 1. The second-order valence-electron chi connectivity index (χ2n) is 8.25. The van der Waals surface area contributed by atoms with Crippen molar-refractivity contribution in [2.75, 3.05) is 5.32 Å². The van der Waals surface area contributed by atoms with Gasteiger partial charge in [-0.05, 0) is 64.7 Å². The van der Waals surface area contributed by atoms with Gasteiger partial charge in [0.1, 0.15) is 17.2 Å². The maximum atomic E-state index is 12.1. The van der Waals surface area contributed by atoms with Crippen molar-refractivity contribution in [3.63, 3.8) is 0 Å². The number of rotatable bonds is 3. The zero-order valence-corrected chi connectivity index (χ0v) is 17.2. The van der Waals surface area contributed by atoms with E-state index in [1.165, 1.54) is 10.2 Å². The molecule has 1 aliphatic rings. The van der Waals surface area contributed by atoms with Crippen LogP contribution in [0.3, 0.4) is 0 Å². The molecule has 0 radical (unpaired) electrons. The van der Waals surface area contributed by atoms with Crippen molar-refractivity contribution in [2.24, 2.45) is 0 Å². The summed E-state index contributed by atoms with van der Waals surface area (Å²) in [6.07, 6.45) is 6.01. The largest absolute Gasteiger partial charge is 0.442 e. The number of carbonyl (C=O) groups is 1. The Bertz CT molecular complexity index is 1050. The minimum Gasteiger partial charge on any atom is -0.442 e. The third-order valence-corrected chi connectivity index (χ3v) is 4.69. The Hall–Kier alpha value is -3.22. The molecule has 1 N–H and O–H groups in total. The van der Waals surface area contributed by atoms with Gasteiger partial charge in [0.25, 0.3) is 0 Å². The van der Waals surface area contributed by atoms with Gasteiger partial charge in [0.15, 0.2) is 0 Å². The molecule has 0 saturated carbocycles. The lowest BCUT2D eigenvalue weighted by molar-refractivity contribution is 0.0514. The quantitative estimate of drug-likeness (QED) is 0.699. The summed E-state index contributed by atoms with van der Waals surface area (Å²) in [7, 11) is 0. The molecule has 1 aliphatic carbocycles. The third kappa shape index (κ3) is 4.29. The molecule has 7 heteroatoms. The maximum Gasteiger partial charge on any atom is 0.435 e. The molecule has 3 aromatic rings. The van der Waals surface area contributed by atoms with E-state index >= 15 is 0 Å². The van der Waals surface area contributed by atoms with Crippen molar-refractivity contribution >= 4 is 17.6 Å². The molecule has 0 bridgehead atoms. The van der Waals surface area contributed by atoms with Gasteiger partial charge in [-0.25, -0.2) is 14.8 Å². The Morgan fingerprint density at radius 1 is 1.10 bits per heavy atom. The standard InChI is InChI=1S/C22H25N5O2/c1-14-24-19-7-5-6-18(19)20(25-14)26-17-10-8-15(9-11-17)16-12-23-27(13-16)21(28)29-22(2,3)4/h8-13H,5-7H2,1-4H3,(H,24,25,26). The minimum absolute atomic E-state index is 0.491. The lowest BCUT2D eigenvalue weighted by Crippen LogP contribution is -2.27. The lowest BCUT2D eigenvalue weighted by Gasteiger charge is -2.18. The van der Waals surface area contributed by atoms with Gasteiger partial charge in [-0.3, -0.25) is 0 Å². The van der Waals surface area contributed by atoms with Crippen LogP contribution in [0, 0.1) is 6.92 Å². The first-order chi connectivity index (χ1) is 13.8. The van der Waals surface area contributed by atoms with Crippen molar-refractivity contribution in [1.82, 2.24) is 19.7 Å². The van der Waals surface area contributed by atoms with Gasteiger partial charge in [0.2, 0.25) is 0 Å². The highest BCUT2D eigenvalue weighted by atomic mass is 16.6. The Balaban J connectivity index is 1.50. The third-order valence-electron chi connectivity index (χ3n) is 4.69. The molecule has 0 amide bonds. The number of ether oxygens (including phenoxy) is 1. The van der Waals surface area contributed by atoms with Crippen LogP contribution in [0.2, 0.25) is 0 Å². The number of aryl methyl sites for hydroxylation is 2. The molecule has 2 heterocycles. The Morgan fingerprint density at radius 2 is 1.86 bits per heavy atom. The zero-order valence-electron chi connectivity index (χ0n) is 17.2. The van der Waals surface area contributed by atoms with E-state index in [0.717, 1.165) is 53.4 Å². The first kappa shape index (κ1) is 19.1. The summed E-state index contributed by atoms with van der Waals surface area (Å²) >= 11 is 0. The Kier molecular flexibility index (Phi) is 4.82. The van der Waals surface area contributed by atoms with Crippen LogP contribution in [-0.2, 0) is 17.6 Å². The fourth-order valence-corrected chi connectivity index (χ4v) is 3.42. The molecule has 1 aromatic carbocycles. The summed E-state index contributed by atoms with van der Waals surface area (Å²) < 4.78 is 6.57. The minimum atomic E-state index is -0.559. The highest BCUT2D eigenvalue weighted by Gasteiger charge is 2.20. The molecule has 0 atom stereocenters. The van der Waals surface area contributed by atoms with Gasteiger partial charge in [0.05, 0.1) is 6.20 Å². The fraction of sp³-hybridized carbons (Fsp3) is 0.364. The Labute approximate surface area is 170 Å². The van der Waals surface area contributed by atoms with Crippen LogP contribution in [0.25, 0.3) is 11.1 Å². The van der Waals surface area contributed by atoms with Crippen LogP contribution in [0.5, 0.6) is 0 Å². The second-order valence-corrected chi connectivity index (χ2v) is 8.25. The molecule has 0 fully saturated rings. The van der Waals surface area contributed by atoms with Crippen molar-refractivity contribution in [3.05, 3.63) is 53.7 Å². The monoisotopic (exact) mass is 391 g/mol. The van der Waals surface area contributed by atoms with Crippen LogP contribution in [0.1, 0.15) is 44.3 Å². The summed E-state index contributed by atoms with van der Waals surface area (Å²) in [6, 6.07) is 7.98. The SMILES string of the molecule is Cc1nc2c(c(Nc3ccc(-c4cnn(C(=O)OC(C)(C)C)c4)cc3)n1)CCC2. The highest BCUT2D eigenvalue weighted by Crippen LogP contribution is 2.29. The molecule has 0 aliphatic heterocycles. The van der Waals surface area contributed by atoms with E-state index in [0.29, 0.717) is 0 Å². The zero-order chi connectivity index (χ0) is 20.6. The van der Waals surface area contributed by atoms with E-state index in [-0.39, 0.29) is 0 Å². The predicted octanol–water partition coefficient (Wildman–Crippen LogP) is 4.66. The van der Waals surface area contributed by atoms with Crippen molar-refractivity contribution in [3.8, 4) is 11.1 Å². The normalized spacial score (nSPS) is 13.2. The van der Waals surface area contributed by atoms with Crippen molar-refractivity contribution in [1.29, 1.82) is 0 Å². The maximum absolute atomic E-state index is 12.1. The predicted molar refractivity (Wildman–Crippen MR) is 111 cm³/mol. The summed E-state index contributed by atoms with van der Waals surface area (Å²) in [5.74, 6) is 1.69. The molecule has 150 valence electrons. The van der Waals surface area contributed by atoms with Crippen LogP contribution >= 0.6 is 0 Å². The van der Waals surface area contributed by atoms with Crippen LogP contribution in [-0.4, -0.2) is 31.4 Å². The molecule has 0 spiro atoms. The molecular weight excluding hydrogens is 366 g/mol. The first-order valence-electron chi connectivity index (χ1n) is 9.80. The van der Waals surface area contributed by atoms with Gasteiger partial charge < -0.3 is 10.1 Å². The van der Waals surface area contributed by atoms with Crippen molar-refractivity contribution < 1.29 is 9.53 Å². The van der Waals surface area contributed by atoms with E-state index in [2.05, 4.69) is 20.4 Å². The summed E-state index contributed by atoms with van der Waals surface area (Å²) in [6.45, 7) is 7.41. The van der Waals surface area contributed by atoms with E-state index in [4.69, 9.17) is 4.74 Å². The average molecular weight is 391 g/mol. The van der Waals surface area contributed by atoms with E-state index in [1.54, 1.807) is 12.4 Å². The summed E-state index contributed by atoms with van der Waals surface area (Å²) in [5, 5.41) is 7.55. The van der Waals surface area contributed by atoms with E-state index < -0.39 is 11.7 Å². The summed E-state index contributed by atoms with van der Waals surface area (Å²) in [4.78, 5) is 21.3. The second kappa shape index (κ2) is 7.31. The summed E-state index contributed by atoms with van der Waals surface area (Å²) in [5.41, 5.74) is 4.59. The lowest BCUT2D eigenvalue weighted by atomic mass is 10.1. The number of anilines is 2. The van der Waals surface area contributed by atoms with Gasteiger partial charge in [0, 0.05) is 28.7 Å². The number of carbonyl (C=O) groups excluding carboxylic acids is 1. The fourth-order valence-electron chi connectivity index (χ4n) is 3.42. The molecule has 4 rings (SSSR count). The van der Waals surface area contributed by atoms with Crippen LogP contribution in [0.4, 0.5) is 16.3 Å². The average Bonchev–Trinajstić information content (AvgIpc) is 3.30. The van der Waals surface area contributed by atoms with Gasteiger partial charge in [-0.2, -0.15) is 9.78 Å². The van der Waals surface area contributed by atoms with Crippen LogP contribution < -0.4 is 5.32 Å². The molecular formula is C22H25N5O2. The molecule has 0 unspecified atom stereocenters. The number of nitrogens with zero attached hydrogens (tertiary/aromatic N) is 4. The Morgan fingerprint density at radius 3 is 2.59 bits per heavy atom. The van der Waals surface area contributed by atoms with Gasteiger partial charge in [-0.15, -0.1) is 0 Å². The van der Waals surface area contributed by atoms with Crippen molar-refractivity contribution in [2.45, 2.75) is 52.6 Å². The van der Waals surface area contributed by atoms with E-state index in [1.807, 2.05) is 52.0 Å². The van der Waals surface area contributed by atoms with Gasteiger partial charge in [-0.1, -0.05) is 12.1 Å². The highest BCUT2D eigenvalue weighted by molar-refractivity contribution is 5.73.